The first-order valence-electron chi connectivity index (χ1n) is 13.7. The van der Waals surface area contributed by atoms with Gasteiger partial charge in [0.15, 0.2) is 5.43 Å². The number of aromatic hydroxyl groups is 3. The monoisotopic (exact) mass is 528 g/mol. The molecule has 2 aromatic carbocycles. The van der Waals surface area contributed by atoms with Gasteiger partial charge in [-0.25, -0.2) is 0 Å². The molecule has 1 aromatic heterocycles. The van der Waals surface area contributed by atoms with Crippen molar-refractivity contribution < 1.29 is 24.5 Å². The zero-order valence-corrected chi connectivity index (χ0v) is 23.0. The fraction of sp³-hybridized carbons (Fsp3) is 0.394. The van der Waals surface area contributed by atoms with Crippen LogP contribution in [-0.2, 0) is 17.6 Å². The molecule has 3 atom stereocenters. The summed E-state index contributed by atoms with van der Waals surface area (Å²) in [5.41, 5.74) is 5.32. The van der Waals surface area contributed by atoms with E-state index >= 15 is 0 Å². The minimum absolute atomic E-state index is 0.0729. The summed E-state index contributed by atoms with van der Waals surface area (Å²) < 4.78 is 5.35. The summed E-state index contributed by atoms with van der Waals surface area (Å²) in [5, 5.41) is 29.9. The molecule has 3 aliphatic carbocycles. The molecular formula is C33H36O6. The maximum Gasteiger partial charge on any atom is 0.196 e. The minimum Gasteiger partial charge on any atom is -0.508 e. The van der Waals surface area contributed by atoms with Crippen LogP contribution in [0.15, 0.2) is 62.8 Å². The third kappa shape index (κ3) is 4.77. The minimum atomic E-state index is -0.310. The Morgan fingerprint density at radius 2 is 1.87 bits per heavy atom. The van der Waals surface area contributed by atoms with Crippen LogP contribution in [0.2, 0.25) is 0 Å². The number of hydrogen-bond acceptors (Lipinski definition) is 6. The number of Topliss-reactive ketones (excluding diaryl/α,β-unsaturated/α-hetero) is 1. The summed E-state index contributed by atoms with van der Waals surface area (Å²) in [5.74, 6) is 1.92. The lowest BCUT2D eigenvalue weighted by atomic mass is 9.60. The van der Waals surface area contributed by atoms with Gasteiger partial charge in [0.2, 0.25) is 0 Å². The lowest BCUT2D eigenvalue weighted by Gasteiger charge is -2.43. The number of ketones is 1. The third-order valence-corrected chi connectivity index (χ3v) is 8.80. The van der Waals surface area contributed by atoms with Crippen molar-refractivity contribution in [2.75, 3.05) is 0 Å². The van der Waals surface area contributed by atoms with Crippen molar-refractivity contribution in [3.05, 3.63) is 86.3 Å². The van der Waals surface area contributed by atoms with Crippen LogP contribution in [0.4, 0.5) is 0 Å². The number of hydrogen-bond donors (Lipinski definition) is 3. The summed E-state index contributed by atoms with van der Waals surface area (Å²) in [6.07, 6.45) is 9.35. The summed E-state index contributed by atoms with van der Waals surface area (Å²) >= 11 is 0. The maximum atomic E-state index is 12.2. The summed E-state index contributed by atoms with van der Waals surface area (Å²) in [7, 11) is 0. The summed E-state index contributed by atoms with van der Waals surface area (Å²) in [6, 6.07) is 8.48. The van der Waals surface area contributed by atoms with Crippen molar-refractivity contribution in [1.29, 1.82) is 0 Å². The van der Waals surface area contributed by atoms with Crippen LogP contribution < -0.4 is 5.43 Å². The zero-order valence-electron chi connectivity index (χ0n) is 23.0. The van der Waals surface area contributed by atoms with E-state index in [4.69, 9.17) is 4.42 Å². The maximum absolute atomic E-state index is 12.2. The molecule has 6 nitrogen and oxygen atoms in total. The second-order valence-electron chi connectivity index (χ2n) is 11.6. The van der Waals surface area contributed by atoms with Crippen molar-refractivity contribution in [2.24, 2.45) is 11.3 Å². The quantitative estimate of drug-likeness (QED) is 0.317. The van der Waals surface area contributed by atoms with Crippen molar-refractivity contribution in [3.8, 4) is 17.2 Å². The van der Waals surface area contributed by atoms with E-state index in [0.29, 0.717) is 41.1 Å². The van der Waals surface area contributed by atoms with Crippen LogP contribution in [0.25, 0.3) is 11.0 Å². The molecule has 2 fully saturated rings. The second-order valence-corrected chi connectivity index (χ2v) is 11.6. The number of allylic oxidation sites excluding steroid dienone is 4. The molecule has 3 N–H and O–H groups in total. The van der Waals surface area contributed by atoms with E-state index in [2.05, 4.69) is 19.1 Å². The molecule has 6 heteroatoms. The number of carbonyl (C=O) groups excluding carboxylic acids is 1. The van der Waals surface area contributed by atoms with Gasteiger partial charge in [0.05, 0.1) is 0 Å². The number of rotatable bonds is 2. The van der Waals surface area contributed by atoms with Crippen molar-refractivity contribution >= 4 is 16.8 Å². The first kappa shape index (κ1) is 26.8. The Balaban J connectivity index is 0.000000158. The van der Waals surface area contributed by atoms with Crippen molar-refractivity contribution in [1.82, 2.24) is 0 Å². The SMILES string of the molecule is CC(C)=CCc1c(O)cc2oc(C)cc(=O)c2c1O.CC12CCC3C(=CCc4cc(O)ccc43)C1CCC2=O. The van der Waals surface area contributed by atoms with E-state index in [0.717, 1.165) is 37.7 Å². The molecule has 3 aromatic rings. The van der Waals surface area contributed by atoms with Gasteiger partial charge in [-0.05, 0) is 82.1 Å². The number of fused-ring (bicyclic) bond motifs is 6. The standard InChI is InChI=1S/C18H20O2.C15H16O4/c1-18-9-8-14-13-5-3-12(19)10-11(13)2-4-15(14)16(18)6-7-17(18)20;1-8(2)4-5-10-11(16)7-13-14(15(10)18)12(17)6-9(3)19-13/h3-5,10,14,16,19H,2,6-9H2,1H3;4,6-7,16,18H,5H2,1-3H3. The lowest BCUT2D eigenvalue weighted by Crippen LogP contribution is -2.37. The van der Waals surface area contributed by atoms with Crippen LogP contribution >= 0.6 is 0 Å². The largest absolute Gasteiger partial charge is 0.508 e. The first-order chi connectivity index (χ1) is 18.5. The highest BCUT2D eigenvalue weighted by Crippen LogP contribution is 2.57. The van der Waals surface area contributed by atoms with Crippen LogP contribution in [0.1, 0.15) is 74.8 Å². The highest BCUT2D eigenvalue weighted by molar-refractivity contribution is 5.88. The average molecular weight is 529 g/mol. The number of phenols is 3. The highest BCUT2D eigenvalue weighted by atomic mass is 16.3. The molecule has 6 rings (SSSR count). The predicted molar refractivity (Wildman–Crippen MR) is 151 cm³/mol. The van der Waals surface area contributed by atoms with E-state index in [1.54, 1.807) is 13.0 Å². The molecule has 0 aliphatic heterocycles. The molecular weight excluding hydrogens is 492 g/mol. The highest BCUT2D eigenvalue weighted by Gasteiger charge is 2.52. The number of benzene rings is 2. The molecule has 0 amide bonds. The van der Waals surface area contributed by atoms with Gasteiger partial charge < -0.3 is 19.7 Å². The Labute approximate surface area is 228 Å². The van der Waals surface area contributed by atoms with Gasteiger partial charge >= 0.3 is 0 Å². The normalized spacial score (nSPS) is 23.2. The second kappa shape index (κ2) is 10.1. The molecule has 39 heavy (non-hydrogen) atoms. The number of aryl methyl sites for hydroxylation is 1. The van der Waals surface area contributed by atoms with E-state index in [1.165, 1.54) is 28.8 Å². The Bertz CT molecular complexity index is 1590. The van der Waals surface area contributed by atoms with Gasteiger partial charge in [0.1, 0.15) is 39.8 Å². The van der Waals surface area contributed by atoms with Gasteiger partial charge in [-0.15, -0.1) is 0 Å². The molecule has 0 bridgehead atoms. The van der Waals surface area contributed by atoms with Gasteiger partial charge in [-0.2, -0.15) is 0 Å². The zero-order chi connectivity index (χ0) is 28.1. The Kier molecular flexibility index (Phi) is 6.91. The number of phenolic OH excluding ortho intramolecular Hbond substituents is 3. The van der Waals surface area contributed by atoms with Gasteiger partial charge in [-0.1, -0.05) is 36.3 Å². The molecule has 3 unspecified atom stereocenters. The molecule has 0 saturated heterocycles. The van der Waals surface area contributed by atoms with E-state index in [9.17, 15) is 24.9 Å². The Morgan fingerprint density at radius 1 is 1.10 bits per heavy atom. The number of carbonyl (C=O) groups is 1. The van der Waals surface area contributed by atoms with Gasteiger partial charge in [0, 0.05) is 35.4 Å². The van der Waals surface area contributed by atoms with Crippen LogP contribution in [0.3, 0.4) is 0 Å². The smallest absolute Gasteiger partial charge is 0.196 e. The van der Waals surface area contributed by atoms with Crippen molar-refractivity contribution in [2.45, 2.75) is 72.1 Å². The Hall–Kier alpha value is -3.80. The van der Waals surface area contributed by atoms with Crippen LogP contribution in [0.5, 0.6) is 17.2 Å². The Morgan fingerprint density at radius 3 is 2.62 bits per heavy atom. The molecule has 204 valence electrons. The van der Waals surface area contributed by atoms with Gasteiger partial charge in [-0.3, -0.25) is 9.59 Å². The van der Waals surface area contributed by atoms with Crippen LogP contribution in [-0.4, -0.2) is 21.1 Å². The van der Waals surface area contributed by atoms with E-state index < -0.39 is 0 Å². The van der Waals surface area contributed by atoms with Crippen LogP contribution in [0, 0.1) is 18.3 Å². The van der Waals surface area contributed by atoms with Gasteiger partial charge in [0.25, 0.3) is 0 Å². The fourth-order valence-electron chi connectivity index (χ4n) is 6.69. The molecule has 3 aliphatic rings. The molecule has 2 saturated carbocycles. The first-order valence-corrected chi connectivity index (χ1v) is 13.7. The predicted octanol–water partition coefficient (Wildman–Crippen LogP) is 6.76. The van der Waals surface area contributed by atoms with Crippen molar-refractivity contribution in [3.63, 3.8) is 0 Å². The summed E-state index contributed by atoms with van der Waals surface area (Å²) in [4.78, 5) is 24.1. The van der Waals surface area contributed by atoms with E-state index in [-0.39, 0.29) is 33.3 Å². The molecule has 1 heterocycles. The molecule has 0 radical (unpaired) electrons. The fourth-order valence-corrected chi connectivity index (χ4v) is 6.69. The average Bonchev–Trinajstić information content (AvgIpc) is 3.17. The third-order valence-electron chi connectivity index (χ3n) is 8.80. The van der Waals surface area contributed by atoms with E-state index in [1.807, 2.05) is 26.0 Å². The summed E-state index contributed by atoms with van der Waals surface area (Å²) in [6.45, 7) is 7.67. The lowest BCUT2D eigenvalue weighted by molar-refractivity contribution is -0.126. The molecule has 0 spiro atoms. The topological polar surface area (TPSA) is 108 Å².